The molecule has 1 rings (SSSR count). The fourth-order valence-corrected chi connectivity index (χ4v) is 3.01. The van der Waals surface area contributed by atoms with Crippen LogP contribution >= 0.6 is 11.3 Å². The average Bonchev–Trinajstić information content (AvgIpc) is 2.66. The monoisotopic (exact) mass is 261 g/mol. The second-order valence-electron chi connectivity index (χ2n) is 4.01. The summed E-state index contributed by atoms with van der Waals surface area (Å²) in [6, 6.07) is 2.35. The Morgan fingerprint density at radius 3 is 2.75 bits per heavy atom. The molecule has 0 aliphatic heterocycles. The third-order valence-corrected chi connectivity index (χ3v) is 4.10. The van der Waals surface area contributed by atoms with Crippen molar-refractivity contribution in [1.29, 1.82) is 0 Å². The van der Waals surface area contributed by atoms with E-state index in [4.69, 9.17) is 0 Å². The predicted octanol–water partition coefficient (Wildman–Crippen LogP) is 1.70. The molecular formula is C11H19NO2S2. The fourth-order valence-electron chi connectivity index (χ4n) is 1.61. The first-order valence-corrected chi connectivity index (χ1v) is 8.44. The van der Waals surface area contributed by atoms with Crippen molar-refractivity contribution in [2.24, 2.45) is 0 Å². The summed E-state index contributed by atoms with van der Waals surface area (Å²) in [7, 11) is -2.85. The summed E-state index contributed by atoms with van der Waals surface area (Å²) in [6.07, 6.45) is 2.88. The Kier molecular flexibility index (Phi) is 5.44. The maximum absolute atomic E-state index is 11.1. The summed E-state index contributed by atoms with van der Waals surface area (Å²) in [6.45, 7) is 2.92. The van der Waals surface area contributed by atoms with Gasteiger partial charge >= 0.3 is 0 Å². The Hall–Kier alpha value is -0.390. The van der Waals surface area contributed by atoms with E-state index < -0.39 is 9.84 Å². The van der Waals surface area contributed by atoms with E-state index in [1.807, 2.05) is 6.92 Å². The molecule has 0 aliphatic rings. The van der Waals surface area contributed by atoms with E-state index >= 15 is 0 Å². The van der Waals surface area contributed by atoms with Gasteiger partial charge in [-0.3, -0.25) is 0 Å². The van der Waals surface area contributed by atoms with Crippen LogP contribution in [0.1, 0.15) is 18.9 Å². The van der Waals surface area contributed by atoms with Gasteiger partial charge in [0.05, 0.1) is 5.75 Å². The number of likely N-dealkylation sites (N-methyl/N-ethyl adjacent to an activating group) is 1. The zero-order valence-corrected chi connectivity index (χ0v) is 11.4. The largest absolute Gasteiger partial charge is 0.314 e. The molecule has 92 valence electrons. The molecule has 0 fully saturated rings. The molecule has 1 aromatic rings. The van der Waals surface area contributed by atoms with E-state index in [9.17, 15) is 8.42 Å². The summed E-state index contributed by atoms with van der Waals surface area (Å²) < 4.78 is 22.2. The smallest absolute Gasteiger partial charge is 0.147 e. The molecule has 0 saturated carbocycles. The van der Waals surface area contributed by atoms with Crippen molar-refractivity contribution in [3.8, 4) is 0 Å². The summed E-state index contributed by atoms with van der Waals surface area (Å²) in [5.41, 5.74) is 1.28. The Labute approximate surface area is 102 Å². The molecule has 0 aliphatic carbocycles. The Morgan fingerprint density at radius 2 is 2.25 bits per heavy atom. The van der Waals surface area contributed by atoms with Gasteiger partial charge in [-0.2, -0.15) is 11.3 Å². The van der Waals surface area contributed by atoms with Crippen molar-refractivity contribution in [3.63, 3.8) is 0 Å². The van der Waals surface area contributed by atoms with Gasteiger partial charge in [-0.15, -0.1) is 0 Å². The highest BCUT2D eigenvalue weighted by Gasteiger charge is 2.12. The third-order valence-electron chi connectivity index (χ3n) is 2.39. The number of nitrogens with one attached hydrogen (secondary N) is 1. The van der Waals surface area contributed by atoms with Crippen LogP contribution in [0.25, 0.3) is 0 Å². The molecule has 0 saturated heterocycles. The molecule has 0 aromatic carbocycles. The van der Waals surface area contributed by atoms with Gasteiger partial charge in [-0.1, -0.05) is 6.92 Å². The molecule has 0 amide bonds. The molecule has 0 bridgehead atoms. The van der Waals surface area contributed by atoms with Crippen molar-refractivity contribution < 1.29 is 8.42 Å². The number of sulfone groups is 1. The van der Waals surface area contributed by atoms with E-state index in [0.29, 0.717) is 6.42 Å². The zero-order valence-electron chi connectivity index (χ0n) is 9.77. The Bertz CT molecular complexity index is 384. The molecule has 3 nitrogen and oxygen atoms in total. The highest BCUT2D eigenvalue weighted by atomic mass is 32.2. The van der Waals surface area contributed by atoms with Gasteiger partial charge in [-0.05, 0) is 41.8 Å². The molecule has 1 heterocycles. The van der Waals surface area contributed by atoms with Crippen LogP contribution in [-0.2, 0) is 16.3 Å². The molecule has 16 heavy (non-hydrogen) atoms. The van der Waals surface area contributed by atoms with Crippen LogP contribution in [0, 0.1) is 0 Å². The van der Waals surface area contributed by atoms with E-state index in [2.05, 4.69) is 22.1 Å². The first kappa shape index (κ1) is 13.7. The lowest BCUT2D eigenvalue weighted by Gasteiger charge is -2.16. The molecule has 5 heteroatoms. The summed E-state index contributed by atoms with van der Waals surface area (Å²) in [4.78, 5) is 0. The topological polar surface area (TPSA) is 46.2 Å². The van der Waals surface area contributed by atoms with Crippen molar-refractivity contribution in [1.82, 2.24) is 5.32 Å². The molecule has 1 atom stereocenters. The van der Waals surface area contributed by atoms with Crippen LogP contribution in [0.4, 0.5) is 0 Å². The van der Waals surface area contributed by atoms with Crippen molar-refractivity contribution >= 4 is 21.2 Å². The maximum Gasteiger partial charge on any atom is 0.147 e. The van der Waals surface area contributed by atoms with Crippen LogP contribution in [0.15, 0.2) is 16.8 Å². The fraction of sp³-hybridized carbons (Fsp3) is 0.636. The number of rotatable bonds is 7. The number of hydrogen-bond donors (Lipinski definition) is 1. The molecule has 1 unspecified atom stereocenters. The van der Waals surface area contributed by atoms with Crippen LogP contribution in [0.3, 0.4) is 0 Å². The van der Waals surface area contributed by atoms with Crippen molar-refractivity contribution in [2.75, 3.05) is 18.6 Å². The SMILES string of the molecule is CCNC(CCS(C)(=O)=O)Cc1ccsc1. The molecule has 1 aromatic heterocycles. The summed E-state index contributed by atoms with van der Waals surface area (Å²) in [5.74, 6) is 0.259. The predicted molar refractivity (Wildman–Crippen MR) is 69.8 cm³/mol. The second-order valence-corrected chi connectivity index (χ2v) is 7.05. The Morgan fingerprint density at radius 1 is 1.50 bits per heavy atom. The van der Waals surface area contributed by atoms with Gasteiger partial charge in [0, 0.05) is 12.3 Å². The normalized spacial score (nSPS) is 13.9. The molecular weight excluding hydrogens is 242 g/mol. The van der Waals surface area contributed by atoms with Crippen molar-refractivity contribution in [2.45, 2.75) is 25.8 Å². The van der Waals surface area contributed by atoms with Crippen LogP contribution in [-0.4, -0.2) is 33.0 Å². The van der Waals surface area contributed by atoms with Crippen LogP contribution < -0.4 is 5.32 Å². The van der Waals surface area contributed by atoms with E-state index in [-0.39, 0.29) is 11.8 Å². The van der Waals surface area contributed by atoms with Crippen LogP contribution in [0.5, 0.6) is 0 Å². The molecule has 0 spiro atoms. The number of hydrogen-bond acceptors (Lipinski definition) is 4. The maximum atomic E-state index is 11.1. The highest BCUT2D eigenvalue weighted by molar-refractivity contribution is 7.90. The summed E-state index contributed by atoms with van der Waals surface area (Å²) in [5, 5.41) is 7.50. The second kappa shape index (κ2) is 6.37. The lowest BCUT2D eigenvalue weighted by Crippen LogP contribution is -2.32. The first-order chi connectivity index (χ1) is 7.51. The van der Waals surface area contributed by atoms with E-state index in [1.165, 1.54) is 11.8 Å². The first-order valence-electron chi connectivity index (χ1n) is 5.43. The lowest BCUT2D eigenvalue weighted by molar-refractivity contribution is 0.506. The van der Waals surface area contributed by atoms with Crippen molar-refractivity contribution in [3.05, 3.63) is 22.4 Å². The van der Waals surface area contributed by atoms with Gasteiger partial charge < -0.3 is 5.32 Å². The quantitative estimate of drug-likeness (QED) is 0.812. The van der Waals surface area contributed by atoms with E-state index in [1.54, 1.807) is 11.3 Å². The standard InChI is InChI=1S/C11H19NO2S2/c1-3-12-11(5-7-16(2,13)14)8-10-4-6-15-9-10/h4,6,9,11-12H,3,5,7-8H2,1-2H3. The van der Waals surface area contributed by atoms with E-state index in [0.717, 1.165) is 13.0 Å². The van der Waals surface area contributed by atoms with Gasteiger partial charge in [-0.25, -0.2) is 8.42 Å². The van der Waals surface area contributed by atoms with Gasteiger partial charge in [0.1, 0.15) is 9.84 Å². The van der Waals surface area contributed by atoms with Gasteiger partial charge in [0.25, 0.3) is 0 Å². The molecule has 0 radical (unpaired) electrons. The third kappa shape index (κ3) is 5.63. The average molecular weight is 261 g/mol. The van der Waals surface area contributed by atoms with Gasteiger partial charge in [0.15, 0.2) is 0 Å². The zero-order chi connectivity index (χ0) is 12.0. The minimum atomic E-state index is -2.85. The van der Waals surface area contributed by atoms with Crippen LogP contribution in [0.2, 0.25) is 0 Å². The summed E-state index contributed by atoms with van der Waals surface area (Å²) >= 11 is 1.68. The van der Waals surface area contributed by atoms with Gasteiger partial charge in [0.2, 0.25) is 0 Å². The highest BCUT2D eigenvalue weighted by Crippen LogP contribution is 2.11. The number of thiophene rings is 1. The minimum absolute atomic E-state index is 0.259. The molecule has 1 N–H and O–H groups in total. The lowest BCUT2D eigenvalue weighted by atomic mass is 10.1. The minimum Gasteiger partial charge on any atom is -0.314 e. The Balaban J connectivity index is 2.47.